The van der Waals surface area contributed by atoms with Crippen molar-refractivity contribution >= 4 is 40.2 Å². The fourth-order valence-electron chi connectivity index (χ4n) is 3.18. The number of carboxylic acid groups (broad SMARTS) is 1. The highest BCUT2D eigenvalue weighted by Gasteiger charge is 2.26. The van der Waals surface area contributed by atoms with Gasteiger partial charge < -0.3 is 9.67 Å². The third-order valence-electron chi connectivity index (χ3n) is 4.40. The van der Waals surface area contributed by atoms with Gasteiger partial charge in [0, 0.05) is 22.0 Å². The van der Waals surface area contributed by atoms with Gasteiger partial charge in [-0.25, -0.2) is 9.37 Å². The van der Waals surface area contributed by atoms with E-state index in [4.69, 9.17) is 28.3 Å². The summed E-state index contributed by atoms with van der Waals surface area (Å²) >= 11 is 11.9. The lowest BCUT2D eigenvalue weighted by atomic mass is 9.85. The molecule has 0 fully saturated rings. The van der Waals surface area contributed by atoms with E-state index in [0.717, 1.165) is 5.52 Å². The molecule has 1 heterocycles. The number of carboxylic acids is 1. The zero-order valence-electron chi connectivity index (χ0n) is 15.0. The maximum absolute atomic E-state index is 14.3. The van der Waals surface area contributed by atoms with Gasteiger partial charge in [-0.15, -0.1) is 0 Å². The number of imidazole rings is 1. The molecule has 3 aromatic rings. The van der Waals surface area contributed by atoms with Crippen molar-refractivity contribution in [1.29, 1.82) is 0 Å². The van der Waals surface area contributed by atoms with Crippen molar-refractivity contribution in [3.8, 4) is 0 Å². The molecule has 0 aliphatic rings. The predicted octanol–water partition coefficient (Wildman–Crippen LogP) is 5.57. The van der Waals surface area contributed by atoms with E-state index in [1.165, 1.54) is 6.07 Å². The Kier molecular flexibility index (Phi) is 5.45. The molecule has 0 saturated carbocycles. The lowest BCUT2D eigenvalue weighted by Crippen LogP contribution is -2.22. The molecular weight excluding hydrogens is 390 g/mol. The smallest absolute Gasteiger partial charge is 0.303 e. The standard InChI is InChI=1S/C20H19Cl2FN2O2/c1-20(2,10-19(26)27)9-18-24-16-8-14(22)5-6-17(16)25(18)11-12-3-4-13(21)7-15(12)23/h3-8H,9-11H2,1-2H3,(H,26,27). The Hall–Kier alpha value is -2.11. The van der Waals surface area contributed by atoms with Crippen molar-refractivity contribution in [1.82, 2.24) is 9.55 Å². The van der Waals surface area contributed by atoms with Crippen molar-refractivity contribution in [3.05, 3.63) is 63.6 Å². The van der Waals surface area contributed by atoms with Crippen molar-refractivity contribution in [3.63, 3.8) is 0 Å². The first kappa shape index (κ1) is 19.6. The quantitative estimate of drug-likeness (QED) is 0.579. The maximum Gasteiger partial charge on any atom is 0.303 e. The highest BCUT2D eigenvalue weighted by Crippen LogP contribution is 2.29. The first-order valence-corrected chi connectivity index (χ1v) is 9.21. The lowest BCUT2D eigenvalue weighted by Gasteiger charge is -2.22. The van der Waals surface area contributed by atoms with Crippen molar-refractivity contribution in [2.24, 2.45) is 5.41 Å². The molecule has 27 heavy (non-hydrogen) atoms. The Morgan fingerprint density at radius 2 is 1.85 bits per heavy atom. The molecule has 1 aromatic heterocycles. The van der Waals surface area contributed by atoms with Gasteiger partial charge in [-0.1, -0.05) is 43.1 Å². The summed E-state index contributed by atoms with van der Waals surface area (Å²) in [5, 5.41) is 10.1. The van der Waals surface area contributed by atoms with Crippen LogP contribution in [0.3, 0.4) is 0 Å². The molecule has 3 rings (SSSR count). The van der Waals surface area contributed by atoms with Crippen LogP contribution in [0.2, 0.25) is 10.0 Å². The molecule has 4 nitrogen and oxygen atoms in total. The number of rotatable bonds is 6. The van der Waals surface area contributed by atoms with Crippen LogP contribution in [0.25, 0.3) is 11.0 Å². The zero-order chi connectivity index (χ0) is 19.8. The summed E-state index contributed by atoms with van der Waals surface area (Å²) in [5.41, 5.74) is 1.48. The van der Waals surface area contributed by atoms with Crippen LogP contribution in [0.4, 0.5) is 4.39 Å². The first-order valence-electron chi connectivity index (χ1n) is 8.45. The molecule has 0 radical (unpaired) electrons. The number of benzene rings is 2. The highest BCUT2D eigenvalue weighted by molar-refractivity contribution is 6.31. The first-order chi connectivity index (χ1) is 12.6. The molecule has 1 N–H and O–H groups in total. The van der Waals surface area contributed by atoms with Crippen LogP contribution in [-0.4, -0.2) is 20.6 Å². The van der Waals surface area contributed by atoms with E-state index in [0.29, 0.717) is 33.4 Å². The van der Waals surface area contributed by atoms with Crippen LogP contribution in [0.15, 0.2) is 36.4 Å². The monoisotopic (exact) mass is 408 g/mol. The van der Waals surface area contributed by atoms with Gasteiger partial charge in [0.1, 0.15) is 11.6 Å². The van der Waals surface area contributed by atoms with Crippen molar-refractivity contribution in [2.45, 2.75) is 33.2 Å². The Morgan fingerprint density at radius 1 is 1.19 bits per heavy atom. The molecule has 0 unspecified atom stereocenters. The highest BCUT2D eigenvalue weighted by atomic mass is 35.5. The second-order valence-electron chi connectivity index (χ2n) is 7.39. The summed E-state index contributed by atoms with van der Waals surface area (Å²) in [4.78, 5) is 15.8. The average Bonchev–Trinajstić information content (AvgIpc) is 2.84. The van der Waals surface area contributed by atoms with Gasteiger partial charge in [0.25, 0.3) is 0 Å². The summed E-state index contributed by atoms with van der Waals surface area (Å²) in [6.45, 7) is 4.01. The van der Waals surface area contributed by atoms with E-state index in [9.17, 15) is 9.18 Å². The number of nitrogens with zero attached hydrogens (tertiary/aromatic N) is 2. The second kappa shape index (κ2) is 7.49. The van der Waals surface area contributed by atoms with Crippen LogP contribution in [0, 0.1) is 11.2 Å². The maximum atomic E-state index is 14.3. The Balaban J connectivity index is 2.06. The van der Waals surface area contributed by atoms with Crippen LogP contribution >= 0.6 is 23.2 Å². The molecule has 7 heteroatoms. The number of fused-ring (bicyclic) bond motifs is 1. The molecule has 0 aliphatic carbocycles. The minimum Gasteiger partial charge on any atom is -0.481 e. The van der Waals surface area contributed by atoms with E-state index in [2.05, 4.69) is 4.98 Å². The van der Waals surface area contributed by atoms with Crippen LogP contribution < -0.4 is 0 Å². The largest absolute Gasteiger partial charge is 0.481 e. The number of aliphatic carboxylic acids is 1. The van der Waals surface area contributed by atoms with Gasteiger partial charge in [0.2, 0.25) is 0 Å². The van der Waals surface area contributed by atoms with Crippen molar-refractivity contribution < 1.29 is 14.3 Å². The van der Waals surface area contributed by atoms with Gasteiger partial charge in [-0.3, -0.25) is 4.79 Å². The number of hydrogen-bond donors (Lipinski definition) is 1. The molecule has 0 aliphatic heterocycles. The van der Waals surface area contributed by atoms with Crippen LogP contribution in [0.5, 0.6) is 0 Å². The van der Waals surface area contributed by atoms with Gasteiger partial charge in [-0.05, 0) is 35.7 Å². The minimum atomic E-state index is -0.866. The summed E-state index contributed by atoms with van der Waals surface area (Å²) in [6, 6.07) is 9.91. The predicted molar refractivity (Wildman–Crippen MR) is 105 cm³/mol. The Morgan fingerprint density at radius 3 is 2.52 bits per heavy atom. The Labute approximate surface area is 166 Å². The normalized spacial score (nSPS) is 11.9. The number of halogens is 3. The summed E-state index contributed by atoms with van der Waals surface area (Å²) in [7, 11) is 0. The van der Waals surface area contributed by atoms with Crippen molar-refractivity contribution in [2.75, 3.05) is 0 Å². The minimum absolute atomic E-state index is 0.00622. The Bertz CT molecular complexity index is 1010. The number of hydrogen-bond acceptors (Lipinski definition) is 2. The molecule has 0 saturated heterocycles. The SMILES string of the molecule is CC(C)(CC(=O)O)Cc1nc2cc(Cl)ccc2n1Cc1ccc(Cl)cc1F. The van der Waals surface area contributed by atoms with E-state index in [1.54, 1.807) is 24.3 Å². The zero-order valence-corrected chi connectivity index (χ0v) is 16.5. The average molecular weight is 409 g/mol. The molecule has 0 spiro atoms. The molecule has 0 atom stereocenters. The fraction of sp³-hybridized carbons (Fsp3) is 0.300. The number of aromatic nitrogens is 2. The van der Waals surface area contributed by atoms with Gasteiger partial charge in [-0.2, -0.15) is 0 Å². The number of carbonyl (C=O) groups is 1. The van der Waals surface area contributed by atoms with E-state index < -0.39 is 17.2 Å². The fourth-order valence-corrected chi connectivity index (χ4v) is 3.51. The molecular formula is C20H19Cl2FN2O2. The third kappa shape index (κ3) is 4.60. The van der Waals surface area contributed by atoms with Gasteiger partial charge in [0.05, 0.1) is 24.0 Å². The summed E-state index contributed by atoms with van der Waals surface area (Å²) < 4.78 is 16.2. The summed E-state index contributed by atoms with van der Waals surface area (Å²) in [5.74, 6) is -0.573. The third-order valence-corrected chi connectivity index (χ3v) is 4.87. The van der Waals surface area contributed by atoms with Gasteiger partial charge >= 0.3 is 5.97 Å². The van der Waals surface area contributed by atoms with E-state index in [1.807, 2.05) is 24.5 Å². The topological polar surface area (TPSA) is 55.1 Å². The molecule has 0 amide bonds. The van der Waals surface area contributed by atoms with Gasteiger partial charge in [0.15, 0.2) is 0 Å². The molecule has 142 valence electrons. The van der Waals surface area contributed by atoms with Crippen LogP contribution in [0.1, 0.15) is 31.7 Å². The lowest BCUT2D eigenvalue weighted by molar-refractivity contribution is -0.139. The van der Waals surface area contributed by atoms with Crippen LogP contribution in [-0.2, 0) is 17.8 Å². The second-order valence-corrected chi connectivity index (χ2v) is 8.27. The molecule has 2 aromatic carbocycles. The van der Waals surface area contributed by atoms with E-state index >= 15 is 0 Å². The molecule has 0 bridgehead atoms. The summed E-state index contributed by atoms with van der Waals surface area (Å²) in [6.07, 6.45) is 0.438. The van der Waals surface area contributed by atoms with E-state index in [-0.39, 0.29) is 13.0 Å².